The maximum Gasteiger partial charge on any atom is 0.272 e. The number of nitrogens with zero attached hydrogens (tertiary/aromatic N) is 3. The lowest BCUT2D eigenvalue weighted by Gasteiger charge is -2.21. The van der Waals surface area contributed by atoms with E-state index in [9.17, 15) is 4.79 Å². The Morgan fingerprint density at radius 3 is 2.68 bits per heavy atom. The molecule has 1 N–H and O–H groups in total. The Bertz CT molecular complexity index is 578. The fourth-order valence-corrected chi connectivity index (χ4v) is 2.18. The number of carbonyl (C=O) groups is 1. The van der Waals surface area contributed by atoms with Crippen LogP contribution in [0.3, 0.4) is 0 Å². The minimum atomic E-state index is -0.0489. The van der Waals surface area contributed by atoms with E-state index < -0.39 is 0 Å². The Morgan fingerprint density at radius 2 is 2.05 bits per heavy atom. The van der Waals surface area contributed by atoms with Gasteiger partial charge in [-0.1, -0.05) is 13.8 Å². The van der Waals surface area contributed by atoms with Crippen LogP contribution in [0.2, 0.25) is 0 Å². The Morgan fingerprint density at radius 1 is 1.27 bits per heavy atom. The van der Waals surface area contributed by atoms with Gasteiger partial charge >= 0.3 is 0 Å². The molecule has 0 aromatic carbocycles. The van der Waals surface area contributed by atoms with E-state index in [1.807, 2.05) is 17.0 Å². The lowest BCUT2D eigenvalue weighted by Crippen LogP contribution is -2.33. The van der Waals surface area contributed by atoms with Gasteiger partial charge in [0.05, 0.1) is 12.8 Å². The van der Waals surface area contributed by atoms with Gasteiger partial charge in [-0.3, -0.25) is 4.79 Å². The average molecular weight is 302 g/mol. The Kier molecular flexibility index (Phi) is 5.94. The predicted octanol–water partition coefficient (Wildman–Crippen LogP) is 2.94. The van der Waals surface area contributed by atoms with Gasteiger partial charge in [-0.15, -0.1) is 0 Å². The Hall–Kier alpha value is -2.37. The van der Waals surface area contributed by atoms with Crippen molar-refractivity contribution in [1.29, 1.82) is 0 Å². The normalized spacial score (nSPS) is 10.5. The van der Waals surface area contributed by atoms with Gasteiger partial charge in [0, 0.05) is 19.2 Å². The summed E-state index contributed by atoms with van der Waals surface area (Å²) in [7, 11) is 0. The number of furan rings is 1. The molecule has 6 heteroatoms. The zero-order valence-electron chi connectivity index (χ0n) is 13.1. The summed E-state index contributed by atoms with van der Waals surface area (Å²) in [6, 6.07) is 5.40. The van der Waals surface area contributed by atoms with E-state index in [0.29, 0.717) is 18.1 Å². The third-order valence-corrected chi connectivity index (χ3v) is 3.18. The molecule has 0 bridgehead atoms. The molecule has 0 aliphatic rings. The predicted molar refractivity (Wildman–Crippen MR) is 84.6 cm³/mol. The van der Waals surface area contributed by atoms with Gasteiger partial charge in [-0.05, 0) is 25.0 Å². The van der Waals surface area contributed by atoms with Crippen molar-refractivity contribution in [1.82, 2.24) is 14.9 Å². The number of rotatable bonds is 8. The van der Waals surface area contributed by atoms with Crippen molar-refractivity contribution in [3.8, 4) is 0 Å². The number of hydrogen-bond donors (Lipinski definition) is 1. The van der Waals surface area contributed by atoms with Crippen LogP contribution in [0.25, 0.3) is 0 Å². The van der Waals surface area contributed by atoms with Crippen LogP contribution in [0.4, 0.5) is 5.82 Å². The monoisotopic (exact) mass is 302 g/mol. The first kappa shape index (κ1) is 16.0. The van der Waals surface area contributed by atoms with E-state index in [1.165, 1.54) is 6.33 Å². The zero-order chi connectivity index (χ0) is 15.8. The van der Waals surface area contributed by atoms with Crippen molar-refractivity contribution in [3.63, 3.8) is 0 Å². The third kappa shape index (κ3) is 4.31. The molecule has 1 amide bonds. The van der Waals surface area contributed by atoms with Gasteiger partial charge in [0.2, 0.25) is 0 Å². The number of nitrogens with one attached hydrogen (secondary N) is 1. The molecule has 0 radical (unpaired) electrons. The molecule has 2 aromatic heterocycles. The fourth-order valence-electron chi connectivity index (χ4n) is 2.18. The van der Waals surface area contributed by atoms with Gasteiger partial charge in [0.1, 0.15) is 23.6 Å². The largest absolute Gasteiger partial charge is 0.467 e. The van der Waals surface area contributed by atoms with Gasteiger partial charge in [0.15, 0.2) is 0 Å². The molecule has 2 aromatic rings. The molecule has 0 aliphatic heterocycles. The molecule has 0 spiro atoms. The SMILES string of the molecule is CCCN(CCC)C(=O)c1cc(NCc2ccco2)ncn1. The molecule has 0 unspecified atom stereocenters. The molecule has 0 fully saturated rings. The summed E-state index contributed by atoms with van der Waals surface area (Å²) in [6.07, 6.45) is 4.90. The molecule has 2 heterocycles. The Balaban J connectivity index is 2.04. The average Bonchev–Trinajstić information content (AvgIpc) is 3.06. The number of carbonyl (C=O) groups excluding carboxylic acids is 1. The molecular weight excluding hydrogens is 280 g/mol. The molecule has 0 aliphatic carbocycles. The summed E-state index contributed by atoms with van der Waals surface area (Å²) in [5.74, 6) is 1.37. The Labute approximate surface area is 130 Å². The minimum Gasteiger partial charge on any atom is -0.467 e. The van der Waals surface area contributed by atoms with E-state index in [1.54, 1.807) is 12.3 Å². The molecule has 118 valence electrons. The summed E-state index contributed by atoms with van der Waals surface area (Å²) in [4.78, 5) is 22.6. The standard InChI is InChI=1S/C16H22N4O2/c1-3-7-20(8-4-2)16(21)14-10-15(19-12-18-14)17-11-13-6-5-9-22-13/h5-6,9-10,12H,3-4,7-8,11H2,1-2H3,(H,17,18,19). The van der Waals surface area contributed by atoms with Crippen LogP contribution in [-0.2, 0) is 6.54 Å². The lowest BCUT2D eigenvalue weighted by molar-refractivity contribution is 0.0749. The first-order valence-corrected chi connectivity index (χ1v) is 7.62. The van der Waals surface area contributed by atoms with Crippen LogP contribution in [0.5, 0.6) is 0 Å². The minimum absolute atomic E-state index is 0.0489. The highest BCUT2D eigenvalue weighted by Gasteiger charge is 2.16. The summed E-state index contributed by atoms with van der Waals surface area (Å²) < 4.78 is 5.25. The van der Waals surface area contributed by atoms with Crippen molar-refractivity contribution in [2.24, 2.45) is 0 Å². The summed E-state index contributed by atoms with van der Waals surface area (Å²) >= 11 is 0. The second kappa shape index (κ2) is 8.17. The van der Waals surface area contributed by atoms with E-state index in [4.69, 9.17) is 4.42 Å². The summed E-state index contributed by atoms with van der Waals surface area (Å²) in [6.45, 7) is 6.13. The smallest absolute Gasteiger partial charge is 0.272 e. The number of aromatic nitrogens is 2. The first-order chi connectivity index (χ1) is 10.7. The first-order valence-electron chi connectivity index (χ1n) is 7.62. The van der Waals surface area contributed by atoms with Crippen molar-refractivity contribution in [2.75, 3.05) is 18.4 Å². The molecule has 0 saturated carbocycles. The molecule has 22 heavy (non-hydrogen) atoms. The van der Waals surface area contributed by atoms with Crippen molar-refractivity contribution in [2.45, 2.75) is 33.2 Å². The van der Waals surface area contributed by atoms with E-state index >= 15 is 0 Å². The fraction of sp³-hybridized carbons (Fsp3) is 0.438. The van der Waals surface area contributed by atoms with Gasteiger partial charge in [-0.2, -0.15) is 0 Å². The number of hydrogen-bond acceptors (Lipinski definition) is 5. The molecular formula is C16H22N4O2. The zero-order valence-corrected chi connectivity index (χ0v) is 13.1. The van der Waals surface area contributed by atoms with Gasteiger partial charge < -0.3 is 14.6 Å². The van der Waals surface area contributed by atoms with Crippen LogP contribution in [0.1, 0.15) is 42.9 Å². The molecule has 6 nitrogen and oxygen atoms in total. The van der Waals surface area contributed by atoms with Crippen LogP contribution in [0.15, 0.2) is 35.2 Å². The topological polar surface area (TPSA) is 71.3 Å². The highest BCUT2D eigenvalue weighted by atomic mass is 16.3. The van der Waals surface area contributed by atoms with Crippen molar-refractivity contribution < 1.29 is 9.21 Å². The highest BCUT2D eigenvalue weighted by Crippen LogP contribution is 2.10. The van der Waals surface area contributed by atoms with E-state index in [-0.39, 0.29) is 5.91 Å². The van der Waals surface area contributed by atoms with Crippen molar-refractivity contribution in [3.05, 3.63) is 42.2 Å². The maximum absolute atomic E-state index is 12.5. The van der Waals surface area contributed by atoms with Crippen molar-refractivity contribution >= 4 is 11.7 Å². The van der Waals surface area contributed by atoms with Crippen LogP contribution >= 0.6 is 0 Å². The molecule has 0 atom stereocenters. The van der Waals surface area contributed by atoms with Gasteiger partial charge in [-0.25, -0.2) is 9.97 Å². The van der Waals surface area contributed by atoms with Gasteiger partial charge in [0.25, 0.3) is 5.91 Å². The lowest BCUT2D eigenvalue weighted by atomic mass is 10.3. The third-order valence-electron chi connectivity index (χ3n) is 3.18. The van der Waals surface area contributed by atoms with E-state index in [0.717, 1.165) is 31.7 Å². The molecule has 0 saturated heterocycles. The highest BCUT2D eigenvalue weighted by molar-refractivity contribution is 5.92. The quantitative estimate of drug-likeness (QED) is 0.811. The van der Waals surface area contributed by atoms with Crippen LogP contribution < -0.4 is 5.32 Å². The maximum atomic E-state index is 12.5. The number of anilines is 1. The second-order valence-electron chi connectivity index (χ2n) is 5.01. The summed E-state index contributed by atoms with van der Waals surface area (Å²) in [5.41, 5.74) is 0.416. The number of amides is 1. The van der Waals surface area contributed by atoms with Crippen LogP contribution in [0, 0.1) is 0 Å². The molecule has 2 rings (SSSR count). The van der Waals surface area contributed by atoms with E-state index in [2.05, 4.69) is 29.1 Å². The summed E-state index contributed by atoms with van der Waals surface area (Å²) in [5, 5.41) is 3.13. The van der Waals surface area contributed by atoms with Crippen LogP contribution in [-0.4, -0.2) is 33.9 Å². The second-order valence-corrected chi connectivity index (χ2v) is 5.01.